The fourth-order valence-corrected chi connectivity index (χ4v) is 3.33. The zero-order chi connectivity index (χ0) is 19.8. The molecule has 0 unspecified atom stereocenters. The van der Waals surface area contributed by atoms with Gasteiger partial charge in [0.2, 0.25) is 0 Å². The lowest BCUT2D eigenvalue weighted by Gasteiger charge is -2.26. The van der Waals surface area contributed by atoms with Crippen molar-refractivity contribution >= 4 is 40.3 Å². The third kappa shape index (κ3) is 6.22. The maximum Gasteiger partial charge on any atom is 0.106 e. The van der Waals surface area contributed by atoms with Crippen LogP contribution in [0.4, 0.5) is 17.1 Å². The zero-order valence-corrected chi connectivity index (χ0v) is 18.2. The van der Waals surface area contributed by atoms with Crippen molar-refractivity contribution in [1.29, 1.82) is 0 Å². The van der Waals surface area contributed by atoms with Gasteiger partial charge in [-0.25, -0.2) is 0 Å². The SMILES string of the molecule is CCCCN(CCCC)c1cc(C)c(N=Nc2cc(Cl)ccc2Cl)c(C)c1. The number of benzene rings is 2. The maximum atomic E-state index is 6.19. The third-order valence-corrected chi connectivity index (χ3v) is 5.12. The summed E-state index contributed by atoms with van der Waals surface area (Å²) in [6, 6.07) is 9.64. The lowest BCUT2D eigenvalue weighted by Crippen LogP contribution is -2.25. The van der Waals surface area contributed by atoms with Crippen LogP contribution in [0.3, 0.4) is 0 Å². The molecule has 3 nitrogen and oxygen atoms in total. The molecule has 0 amide bonds. The van der Waals surface area contributed by atoms with Crippen molar-refractivity contribution in [3.8, 4) is 0 Å². The zero-order valence-electron chi connectivity index (χ0n) is 16.7. The standard InChI is InChI=1S/C22H29Cl2N3/c1-5-7-11-27(12-8-6-2)19-13-16(3)22(17(4)14-19)26-25-21-15-18(23)9-10-20(21)24/h9-10,13-15H,5-8,11-12H2,1-4H3. The van der Waals surface area contributed by atoms with E-state index in [1.807, 2.05) is 0 Å². The Labute approximate surface area is 173 Å². The van der Waals surface area contributed by atoms with E-state index in [4.69, 9.17) is 23.2 Å². The number of azo groups is 1. The summed E-state index contributed by atoms with van der Waals surface area (Å²) in [4.78, 5) is 2.49. The highest BCUT2D eigenvalue weighted by Gasteiger charge is 2.11. The van der Waals surface area contributed by atoms with Crippen LogP contribution in [0.15, 0.2) is 40.6 Å². The summed E-state index contributed by atoms with van der Waals surface area (Å²) in [5.74, 6) is 0. The molecule has 0 radical (unpaired) electrons. The van der Waals surface area contributed by atoms with Crippen molar-refractivity contribution < 1.29 is 0 Å². The van der Waals surface area contributed by atoms with Crippen molar-refractivity contribution in [2.45, 2.75) is 53.4 Å². The lowest BCUT2D eigenvalue weighted by molar-refractivity contribution is 0.677. The van der Waals surface area contributed by atoms with Gasteiger partial charge in [-0.3, -0.25) is 0 Å². The quantitative estimate of drug-likeness (QED) is 0.384. The van der Waals surface area contributed by atoms with Gasteiger partial charge in [0.1, 0.15) is 5.69 Å². The fraction of sp³-hybridized carbons (Fsp3) is 0.455. The second kappa shape index (κ2) is 10.7. The van der Waals surface area contributed by atoms with Crippen LogP contribution in [-0.4, -0.2) is 13.1 Å². The molecule has 0 aromatic heterocycles. The second-order valence-corrected chi connectivity index (χ2v) is 7.76. The molecular formula is C22H29Cl2N3. The van der Waals surface area contributed by atoms with Crippen molar-refractivity contribution in [3.05, 3.63) is 51.5 Å². The summed E-state index contributed by atoms with van der Waals surface area (Å²) >= 11 is 12.2. The molecule has 146 valence electrons. The Morgan fingerprint density at radius 2 is 1.44 bits per heavy atom. The van der Waals surface area contributed by atoms with Crippen molar-refractivity contribution in [2.24, 2.45) is 10.2 Å². The Balaban J connectivity index is 2.29. The van der Waals surface area contributed by atoms with E-state index in [2.05, 4.69) is 55.0 Å². The molecule has 2 aromatic carbocycles. The maximum absolute atomic E-state index is 6.19. The number of halogens is 2. The lowest BCUT2D eigenvalue weighted by atomic mass is 10.1. The molecule has 0 saturated carbocycles. The molecular weight excluding hydrogens is 377 g/mol. The summed E-state index contributed by atoms with van der Waals surface area (Å²) in [6.07, 6.45) is 4.81. The molecule has 0 fully saturated rings. The molecule has 5 heteroatoms. The van der Waals surface area contributed by atoms with Crippen LogP contribution in [0.2, 0.25) is 10.0 Å². The second-order valence-electron chi connectivity index (χ2n) is 6.92. The highest BCUT2D eigenvalue weighted by atomic mass is 35.5. The van der Waals surface area contributed by atoms with Gasteiger partial charge < -0.3 is 4.90 Å². The Hall–Kier alpha value is -1.58. The van der Waals surface area contributed by atoms with Crippen molar-refractivity contribution in [3.63, 3.8) is 0 Å². The van der Waals surface area contributed by atoms with E-state index in [-0.39, 0.29) is 0 Å². The largest absolute Gasteiger partial charge is 0.372 e. The Morgan fingerprint density at radius 1 is 0.852 bits per heavy atom. The highest BCUT2D eigenvalue weighted by molar-refractivity contribution is 6.35. The minimum Gasteiger partial charge on any atom is -0.372 e. The summed E-state index contributed by atoms with van der Waals surface area (Å²) in [7, 11) is 0. The molecule has 0 aliphatic rings. The van der Waals surface area contributed by atoms with Gasteiger partial charge in [0.25, 0.3) is 0 Å². The molecule has 0 bridgehead atoms. The van der Waals surface area contributed by atoms with Gasteiger partial charge in [-0.1, -0.05) is 49.9 Å². The van der Waals surface area contributed by atoms with Crippen LogP contribution < -0.4 is 4.90 Å². The summed E-state index contributed by atoms with van der Waals surface area (Å²) in [5, 5.41) is 9.93. The Morgan fingerprint density at radius 3 is 2.00 bits per heavy atom. The molecule has 0 spiro atoms. The van der Waals surface area contributed by atoms with Crippen molar-refractivity contribution in [1.82, 2.24) is 0 Å². The monoisotopic (exact) mass is 405 g/mol. The summed E-state index contributed by atoms with van der Waals surface area (Å²) in [5.41, 5.74) is 4.97. The van der Waals surface area contributed by atoms with E-state index >= 15 is 0 Å². The van der Waals surface area contributed by atoms with Gasteiger partial charge in [-0.15, -0.1) is 10.2 Å². The number of hydrogen-bond acceptors (Lipinski definition) is 3. The molecule has 0 N–H and O–H groups in total. The molecule has 0 aliphatic carbocycles. The predicted octanol–water partition coefficient (Wildman–Crippen LogP) is 8.43. The van der Waals surface area contributed by atoms with Crippen LogP contribution in [0.5, 0.6) is 0 Å². The minimum absolute atomic E-state index is 0.542. The normalized spacial score (nSPS) is 11.3. The molecule has 27 heavy (non-hydrogen) atoms. The number of rotatable bonds is 9. The first-order valence-corrected chi connectivity index (χ1v) is 10.4. The molecule has 2 rings (SSSR count). The first kappa shape index (κ1) is 21.7. The number of nitrogens with zero attached hydrogens (tertiary/aromatic N) is 3. The molecule has 0 heterocycles. The number of aryl methyl sites for hydroxylation is 2. The van der Waals surface area contributed by atoms with Crippen LogP contribution in [0.25, 0.3) is 0 Å². The Kier molecular flexibility index (Phi) is 8.59. The average Bonchev–Trinajstić information content (AvgIpc) is 2.63. The van der Waals surface area contributed by atoms with Crippen LogP contribution >= 0.6 is 23.2 Å². The first-order chi connectivity index (χ1) is 13.0. The summed E-state index contributed by atoms with van der Waals surface area (Å²) in [6.45, 7) is 10.8. The molecule has 0 aliphatic heterocycles. The van der Waals surface area contributed by atoms with E-state index < -0.39 is 0 Å². The topological polar surface area (TPSA) is 28.0 Å². The molecule has 0 atom stereocenters. The molecule has 2 aromatic rings. The van der Waals surface area contributed by atoms with E-state index in [1.165, 1.54) is 31.4 Å². The van der Waals surface area contributed by atoms with Gasteiger partial charge in [0, 0.05) is 23.8 Å². The third-order valence-electron chi connectivity index (χ3n) is 4.57. The van der Waals surface area contributed by atoms with Crippen molar-refractivity contribution in [2.75, 3.05) is 18.0 Å². The Bertz CT molecular complexity index is 756. The van der Waals surface area contributed by atoms with Crippen LogP contribution in [0, 0.1) is 13.8 Å². The minimum atomic E-state index is 0.542. The van der Waals surface area contributed by atoms with Gasteiger partial charge in [-0.05, 0) is 68.1 Å². The predicted molar refractivity (Wildman–Crippen MR) is 119 cm³/mol. The smallest absolute Gasteiger partial charge is 0.106 e. The number of hydrogen-bond donors (Lipinski definition) is 0. The van der Waals surface area contributed by atoms with Crippen LogP contribution in [0.1, 0.15) is 50.7 Å². The van der Waals surface area contributed by atoms with E-state index in [0.717, 1.165) is 29.9 Å². The van der Waals surface area contributed by atoms with Crippen LogP contribution in [-0.2, 0) is 0 Å². The van der Waals surface area contributed by atoms with E-state index in [9.17, 15) is 0 Å². The van der Waals surface area contributed by atoms with Gasteiger partial charge in [-0.2, -0.15) is 0 Å². The van der Waals surface area contributed by atoms with E-state index in [0.29, 0.717) is 15.7 Å². The fourth-order valence-electron chi connectivity index (χ4n) is 3.01. The first-order valence-electron chi connectivity index (χ1n) is 9.69. The number of anilines is 1. The summed E-state index contributed by atoms with van der Waals surface area (Å²) < 4.78 is 0. The highest BCUT2D eigenvalue weighted by Crippen LogP contribution is 2.33. The van der Waals surface area contributed by atoms with E-state index in [1.54, 1.807) is 18.2 Å². The average molecular weight is 406 g/mol. The van der Waals surface area contributed by atoms with Gasteiger partial charge >= 0.3 is 0 Å². The number of unbranched alkanes of at least 4 members (excludes halogenated alkanes) is 2. The van der Waals surface area contributed by atoms with Gasteiger partial charge in [0.05, 0.1) is 10.7 Å². The van der Waals surface area contributed by atoms with Gasteiger partial charge in [0.15, 0.2) is 0 Å². The molecule has 0 saturated heterocycles.